The van der Waals surface area contributed by atoms with Crippen LogP contribution in [0.2, 0.25) is 0 Å². The quantitative estimate of drug-likeness (QED) is 0.133. The minimum atomic E-state index is -2.68. The van der Waals surface area contributed by atoms with E-state index in [4.69, 9.17) is 0 Å². The molecule has 320 valence electrons. The molecule has 0 saturated heterocycles. The maximum absolute atomic E-state index is 2.68. The van der Waals surface area contributed by atoms with Gasteiger partial charge in [-0.15, -0.1) is 24.8 Å². The average Bonchev–Trinajstić information content (AvgIpc) is 4.21. The van der Waals surface area contributed by atoms with E-state index in [-0.39, 0.29) is 24.8 Å². The van der Waals surface area contributed by atoms with Crippen LogP contribution in [0.15, 0.2) is 249 Å². The van der Waals surface area contributed by atoms with Gasteiger partial charge < -0.3 is 0 Å². The fraction of sp³-hybridized carbons (Fsp3) is 0.0645. The largest absolute Gasteiger partial charge is 0.147 e. The summed E-state index contributed by atoms with van der Waals surface area (Å²) in [6.07, 6.45) is 18.4. The van der Waals surface area contributed by atoms with Crippen LogP contribution in [0.3, 0.4) is 0 Å². The molecule has 0 unspecified atom stereocenters. The van der Waals surface area contributed by atoms with Gasteiger partial charge in [0.2, 0.25) is 0 Å². The van der Waals surface area contributed by atoms with E-state index in [1.165, 1.54) is 55.6 Å². The van der Waals surface area contributed by atoms with Gasteiger partial charge in [-0.2, -0.15) is 0 Å². The van der Waals surface area contributed by atoms with Crippen molar-refractivity contribution >= 4 is 38.0 Å². The number of hydrogen-bond acceptors (Lipinski definition) is 0. The summed E-state index contributed by atoms with van der Waals surface area (Å²) in [6.45, 7) is 0. The molecule has 0 heterocycles. The normalized spacial score (nSPS) is 13.0. The molecule has 0 radical (unpaired) electrons. The Morgan fingerprint density at radius 3 is 0.970 bits per heavy atom. The number of hydrogen-bond donors (Lipinski definition) is 0. The molecule has 4 aliphatic rings. The summed E-state index contributed by atoms with van der Waals surface area (Å²) in [4.78, 5) is 0. The summed E-state index contributed by atoms with van der Waals surface area (Å²) in [5.41, 5.74) is 17.4. The van der Waals surface area contributed by atoms with Gasteiger partial charge in [-0.1, -0.05) is 0 Å². The Hall–Kier alpha value is -5.22. The first-order chi connectivity index (χ1) is 31.8. The molecule has 0 N–H and O–H groups in total. The van der Waals surface area contributed by atoms with Crippen LogP contribution in [0.1, 0.15) is 57.3 Å². The zero-order valence-electron chi connectivity index (χ0n) is 36.7. The first kappa shape index (κ1) is 45.9. The Bertz CT molecular complexity index is 2930. The van der Waals surface area contributed by atoms with Crippen molar-refractivity contribution in [2.75, 3.05) is 0 Å². The van der Waals surface area contributed by atoms with Crippen molar-refractivity contribution in [1.29, 1.82) is 0 Å². The first-order valence-electron chi connectivity index (χ1n) is 22.6. The van der Waals surface area contributed by atoms with Crippen LogP contribution in [0.5, 0.6) is 0 Å². The van der Waals surface area contributed by atoms with E-state index in [1.54, 1.807) is 30.9 Å². The molecule has 0 amide bonds. The van der Waals surface area contributed by atoms with Crippen LogP contribution in [-0.2, 0) is 54.8 Å². The molecule has 12 rings (SSSR count). The molecule has 0 bridgehead atoms. The molecule has 0 aliphatic heterocycles. The third kappa shape index (κ3) is 9.11. The molecular formula is C62H50Cl2Hf2. The second-order valence-electron chi connectivity index (χ2n) is 16.9. The summed E-state index contributed by atoms with van der Waals surface area (Å²) in [6, 6.07) is 76.6. The zero-order valence-corrected chi connectivity index (χ0v) is 45.6. The van der Waals surface area contributed by atoms with Gasteiger partial charge in [0.1, 0.15) is 0 Å². The standard InChI is InChI=1S/2C13H9.2C13H10.2C5H5.2ClH.2Hf/c2*1-3-7-12-10(5-1)9-11-6-2-4-8-13(11)12;2*1-3-7-12(8-4-1)11-13-9-5-2-6-10-13;2*1-2-4-5-3-1;;;;/h2*1-5,7-8H,9H2;2*1-10H;2*1-3H,4H2;2*1H;;. The Morgan fingerprint density at radius 2 is 0.636 bits per heavy atom. The summed E-state index contributed by atoms with van der Waals surface area (Å²) < 4.78 is 9.89. The van der Waals surface area contributed by atoms with E-state index in [0.29, 0.717) is 0 Å². The fourth-order valence-corrected chi connectivity index (χ4v) is 33.4. The van der Waals surface area contributed by atoms with E-state index in [0.717, 1.165) is 25.7 Å². The average molecular weight is 1220 g/mol. The van der Waals surface area contributed by atoms with Crippen LogP contribution in [0, 0.1) is 0 Å². The van der Waals surface area contributed by atoms with Crippen molar-refractivity contribution in [3.05, 3.63) is 294 Å². The minimum Gasteiger partial charge on any atom is -0.147 e. The molecule has 8 aromatic rings. The predicted molar refractivity (Wildman–Crippen MR) is 279 cm³/mol. The van der Waals surface area contributed by atoms with Gasteiger partial charge in [0.15, 0.2) is 0 Å². The van der Waals surface area contributed by atoms with Crippen molar-refractivity contribution in [2.24, 2.45) is 0 Å². The predicted octanol–water partition coefficient (Wildman–Crippen LogP) is 14.1. The summed E-state index contributed by atoms with van der Waals surface area (Å²) in [5, 5.41) is 0. The Kier molecular flexibility index (Phi) is 14.7. The van der Waals surface area contributed by atoms with Gasteiger partial charge in [0.25, 0.3) is 0 Å². The second-order valence-corrected chi connectivity index (χ2v) is 34.4. The van der Waals surface area contributed by atoms with Gasteiger partial charge in [0.05, 0.1) is 0 Å². The molecular weight excluding hydrogens is 1170 g/mol. The van der Waals surface area contributed by atoms with Gasteiger partial charge in [-0.3, -0.25) is 0 Å². The number of allylic oxidation sites excluding steroid dienone is 8. The maximum atomic E-state index is 2.46. The van der Waals surface area contributed by atoms with Gasteiger partial charge in [-0.25, -0.2) is 0 Å². The molecule has 8 aromatic carbocycles. The summed E-state index contributed by atoms with van der Waals surface area (Å²) in [5.74, 6) is 0. The Labute approximate surface area is 417 Å². The number of halogens is 2. The molecule has 0 atom stereocenters. The number of rotatable bonds is 8. The van der Waals surface area contributed by atoms with Crippen molar-refractivity contribution in [1.82, 2.24) is 0 Å². The molecule has 4 aliphatic carbocycles. The smallest absolute Gasteiger partial charge is 0.147 e. The zero-order chi connectivity index (χ0) is 42.7. The number of fused-ring (bicyclic) bond motifs is 6. The second kappa shape index (κ2) is 21.2. The van der Waals surface area contributed by atoms with Crippen molar-refractivity contribution in [3.8, 4) is 22.3 Å². The monoisotopic (exact) mass is 1220 g/mol. The van der Waals surface area contributed by atoms with Crippen LogP contribution < -0.4 is 6.64 Å². The molecule has 0 saturated carbocycles. The summed E-state index contributed by atoms with van der Waals surface area (Å²) >= 11 is -5.37. The van der Waals surface area contributed by atoms with Crippen LogP contribution in [-0.4, -0.2) is 6.51 Å². The van der Waals surface area contributed by atoms with E-state index in [9.17, 15) is 0 Å². The third-order valence-corrected chi connectivity index (χ3v) is 35.4. The van der Waals surface area contributed by atoms with Gasteiger partial charge in [-0.05, 0) is 0 Å². The SMILES string of the molecule is C1=CC[C]([Hf](=[C](c2ccccc2)c2ccccc2)[c]2cccc3c2Cc2ccccc2-3)=C1.C1=CC[C]([Hf](=[C](c2ccccc2)c2ccccc2)[c]2cccc3c2Cc2ccccc2-3)=C1.Cl.Cl. The van der Waals surface area contributed by atoms with Crippen molar-refractivity contribution in [3.63, 3.8) is 0 Å². The first-order valence-corrected chi connectivity index (χ1v) is 33.4. The molecule has 4 heteroatoms. The van der Waals surface area contributed by atoms with E-state index in [1.807, 2.05) is 0 Å². The fourth-order valence-electron chi connectivity index (χ4n) is 10.3. The molecule has 66 heavy (non-hydrogen) atoms. The molecule has 0 fully saturated rings. The van der Waals surface area contributed by atoms with Crippen molar-refractivity contribution < 1.29 is 41.9 Å². The molecule has 0 nitrogen and oxygen atoms in total. The summed E-state index contributed by atoms with van der Waals surface area (Å²) in [7, 11) is 0. The Balaban J connectivity index is 0.000000161. The van der Waals surface area contributed by atoms with Crippen LogP contribution in [0.25, 0.3) is 22.3 Å². The van der Waals surface area contributed by atoms with E-state index >= 15 is 0 Å². The molecule has 0 aromatic heterocycles. The number of benzene rings is 8. The third-order valence-electron chi connectivity index (χ3n) is 13.2. The van der Waals surface area contributed by atoms with E-state index < -0.39 is 41.9 Å². The van der Waals surface area contributed by atoms with Crippen LogP contribution in [0.4, 0.5) is 0 Å². The van der Waals surface area contributed by atoms with Gasteiger partial charge >= 0.3 is 397 Å². The van der Waals surface area contributed by atoms with Crippen molar-refractivity contribution in [2.45, 2.75) is 25.7 Å². The van der Waals surface area contributed by atoms with E-state index in [2.05, 4.69) is 243 Å². The maximum Gasteiger partial charge on any atom is -0.147 e. The molecule has 0 spiro atoms. The minimum absolute atomic E-state index is 0. The van der Waals surface area contributed by atoms with Gasteiger partial charge in [0, 0.05) is 0 Å². The topological polar surface area (TPSA) is 0 Å². The Morgan fingerprint density at radius 1 is 0.318 bits per heavy atom. The van der Waals surface area contributed by atoms with Crippen LogP contribution >= 0.6 is 24.8 Å².